The second kappa shape index (κ2) is 5.80. The van der Waals surface area contributed by atoms with Crippen molar-refractivity contribution in [1.82, 2.24) is 0 Å². The van der Waals surface area contributed by atoms with E-state index < -0.39 is 11.7 Å². The van der Waals surface area contributed by atoms with Crippen molar-refractivity contribution < 1.29 is 13.2 Å². The van der Waals surface area contributed by atoms with E-state index in [0.29, 0.717) is 18.1 Å². The Morgan fingerprint density at radius 2 is 1.75 bits per heavy atom. The Bertz CT molecular complexity index is 343. The van der Waals surface area contributed by atoms with Crippen LogP contribution >= 0.6 is 11.6 Å². The normalized spacial score (nSPS) is 12.0. The molecule has 1 rings (SSSR count). The van der Waals surface area contributed by atoms with E-state index >= 15 is 0 Å². The molecule has 0 aliphatic heterocycles. The molecule has 0 radical (unpaired) electrons. The number of alkyl halides is 4. The topological polar surface area (TPSA) is 12.0 Å². The van der Waals surface area contributed by atoms with Gasteiger partial charge < -0.3 is 5.32 Å². The van der Waals surface area contributed by atoms with Crippen LogP contribution in [0.4, 0.5) is 18.9 Å². The maximum atomic E-state index is 12.2. The van der Waals surface area contributed by atoms with Crippen molar-refractivity contribution in [3.8, 4) is 0 Å². The highest BCUT2D eigenvalue weighted by Gasteiger charge is 2.29. The maximum Gasteiger partial charge on any atom is 0.416 e. The number of hydrogen-bond acceptors (Lipinski definition) is 1. The zero-order valence-electron chi connectivity index (χ0n) is 8.39. The number of halogens is 4. The first-order valence-electron chi connectivity index (χ1n) is 4.66. The molecule has 1 aromatic rings. The van der Waals surface area contributed by atoms with Gasteiger partial charge in [0, 0.05) is 18.1 Å². The van der Waals surface area contributed by atoms with Crippen molar-refractivity contribution in [2.75, 3.05) is 17.7 Å². The van der Waals surface area contributed by atoms with Gasteiger partial charge in [0.15, 0.2) is 0 Å². The molecule has 1 aromatic carbocycles. The van der Waals surface area contributed by atoms with E-state index in [-0.39, 0.29) is 0 Å². The van der Waals surface area contributed by atoms with Crippen molar-refractivity contribution in [2.45, 2.75) is 6.18 Å². The fourth-order valence-electron chi connectivity index (χ4n) is 1.10. The molecule has 0 aromatic heterocycles. The Morgan fingerprint density at radius 1 is 1.12 bits per heavy atom. The highest BCUT2D eigenvalue weighted by atomic mass is 35.5. The summed E-state index contributed by atoms with van der Waals surface area (Å²) in [7, 11) is 0. The van der Waals surface area contributed by atoms with Crippen LogP contribution in [0.2, 0.25) is 0 Å². The van der Waals surface area contributed by atoms with Crippen LogP contribution in [0.5, 0.6) is 0 Å². The van der Waals surface area contributed by atoms with Crippen LogP contribution in [-0.4, -0.2) is 12.4 Å². The highest BCUT2D eigenvalue weighted by molar-refractivity contribution is 6.18. The minimum atomic E-state index is -4.28. The van der Waals surface area contributed by atoms with E-state index in [1.54, 1.807) is 6.08 Å². The van der Waals surface area contributed by atoms with E-state index in [1.165, 1.54) is 12.1 Å². The van der Waals surface area contributed by atoms with Gasteiger partial charge in [-0.3, -0.25) is 0 Å². The second-order valence-corrected chi connectivity index (χ2v) is 3.39. The summed E-state index contributed by atoms with van der Waals surface area (Å²) in [5.41, 5.74) is 0.00146. The first-order valence-corrected chi connectivity index (χ1v) is 5.19. The van der Waals surface area contributed by atoms with E-state index in [2.05, 4.69) is 5.32 Å². The monoisotopic (exact) mass is 249 g/mol. The van der Waals surface area contributed by atoms with E-state index in [9.17, 15) is 13.2 Å². The van der Waals surface area contributed by atoms with Crippen molar-refractivity contribution in [3.05, 3.63) is 42.0 Å². The number of hydrogen-bond donors (Lipinski definition) is 1. The molecule has 16 heavy (non-hydrogen) atoms. The lowest BCUT2D eigenvalue weighted by atomic mass is 10.2. The van der Waals surface area contributed by atoms with Gasteiger partial charge in [0.1, 0.15) is 0 Å². The van der Waals surface area contributed by atoms with Gasteiger partial charge in [-0.15, -0.1) is 11.6 Å². The lowest BCUT2D eigenvalue weighted by Crippen LogP contribution is -2.05. The van der Waals surface area contributed by atoms with Gasteiger partial charge in [-0.2, -0.15) is 13.2 Å². The predicted molar refractivity (Wildman–Crippen MR) is 59.8 cm³/mol. The van der Waals surface area contributed by atoms with Gasteiger partial charge in [0.2, 0.25) is 0 Å². The van der Waals surface area contributed by atoms with Crippen molar-refractivity contribution in [2.24, 2.45) is 0 Å². The smallest absolute Gasteiger partial charge is 0.382 e. The average molecular weight is 250 g/mol. The molecule has 0 atom stereocenters. The Balaban J connectivity index is 2.55. The quantitative estimate of drug-likeness (QED) is 0.630. The molecule has 0 saturated carbocycles. The number of rotatable bonds is 4. The van der Waals surface area contributed by atoms with Gasteiger partial charge >= 0.3 is 6.18 Å². The summed E-state index contributed by atoms with van der Waals surface area (Å²) in [5.74, 6) is 0.425. The van der Waals surface area contributed by atoms with Crippen molar-refractivity contribution in [1.29, 1.82) is 0 Å². The molecule has 1 N–H and O–H groups in total. The van der Waals surface area contributed by atoms with Crippen LogP contribution < -0.4 is 5.32 Å². The summed E-state index contributed by atoms with van der Waals surface area (Å²) in [6, 6.07) is 4.90. The molecule has 0 aliphatic rings. The summed E-state index contributed by atoms with van der Waals surface area (Å²) in [5, 5.41) is 2.95. The number of benzene rings is 1. The fraction of sp³-hybridized carbons (Fsp3) is 0.273. The Hall–Kier alpha value is -1.16. The standard InChI is InChI=1S/C11H11ClF3N/c12-7-1-2-8-16-10-5-3-9(4-6-10)11(13,14)15/h1-6,16H,7-8H2/b2-1+. The first kappa shape index (κ1) is 12.9. The maximum absolute atomic E-state index is 12.2. The number of allylic oxidation sites excluding steroid dienone is 1. The van der Waals surface area contributed by atoms with Crippen LogP contribution in [0.25, 0.3) is 0 Å². The van der Waals surface area contributed by atoms with E-state index in [0.717, 1.165) is 12.1 Å². The Labute approximate surface area is 96.9 Å². The molecule has 0 heterocycles. The van der Waals surface area contributed by atoms with Crippen LogP contribution in [0, 0.1) is 0 Å². The van der Waals surface area contributed by atoms with Gasteiger partial charge in [-0.1, -0.05) is 12.2 Å². The third kappa shape index (κ3) is 4.14. The number of anilines is 1. The summed E-state index contributed by atoms with van der Waals surface area (Å²) in [6.45, 7) is 0.540. The van der Waals surface area contributed by atoms with E-state index in [4.69, 9.17) is 11.6 Å². The molecule has 0 spiro atoms. The van der Waals surface area contributed by atoms with Gasteiger partial charge in [-0.25, -0.2) is 0 Å². The zero-order valence-corrected chi connectivity index (χ0v) is 9.15. The lowest BCUT2D eigenvalue weighted by molar-refractivity contribution is -0.137. The molecule has 0 aliphatic carbocycles. The largest absolute Gasteiger partial charge is 0.416 e. The molecule has 0 amide bonds. The first-order chi connectivity index (χ1) is 7.54. The molecule has 5 heteroatoms. The molecule has 0 saturated heterocycles. The minimum absolute atomic E-state index is 0.425. The van der Waals surface area contributed by atoms with Crippen LogP contribution in [0.1, 0.15) is 5.56 Å². The molecule has 0 unspecified atom stereocenters. The highest BCUT2D eigenvalue weighted by Crippen LogP contribution is 2.29. The summed E-state index contributed by atoms with van der Waals surface area (Å²) in [6.07, 6.45) is -0.708. The van der Waals surface area contributed by atoms with Crippen LogP contribution in [0.15, 0.2) is 36.4 Å². The lowest BCUT2D eigenvalue weighted by Gasteiger charge is -2.08. The predicted octanol–water partition coefficient (Wildman–Crippen LogP) is 3.91. The molecule has 1 nitrogen and oxygen atoms in total. The van der Waals surface area contributed by atoms with Gasteiger partial charge in [-0.05, 0) is 24.3 Å². The molecule has 0 bridgehead atoms. The third-order valence-electron chi connectivity index (χ3n) is 1.89. The third-order valence-corrected chi connectivity index (χ3v) is 2.07. The molecular formula is C11H11ClF3N. The Morgan fingerprint density at radius 3 is 2.25 bits per heavy atom. The summed E-state index contributed by atoms with van der Waals surface area (Å²) in [4.78, 5) is 0. The van der Waals surface area contributed by atoms with Crippen molar-refractivity contribution >= 4 is 17.3 Å². The number of nitrogens with one attached hydrogen (secondary N) is 1. The molecule has 0 fully saturated rings. The van der Waals surface area contributed by atoms with Gasteiger partial charge in [0.25, 0.3) is 0 Å². The zero-order chi connectivity index (χ0) is 12.0. The molecular weight excluding hydrogens is 239 g/mol. The average Bonchev–Trinajstić information content (AvgIpc) is 2.24. The van der Waals surface area contributed by atoms with Gasteiger partial charge in [0.05, 0.1) is 5.56 Å². The summed E-state index contributed by atoms with van der Waals surface area (Å²) < 4.78 is 36.7. The van der Waals surface area contributed by atoms with Crippen LogP contribution in [0.3, 0.4) is 0 Å². The SMILES string of the molecule is FC(F)(F)c1ccc(NC/C=C/CCl)cc1. The Kier molecular flexibility index (Phi) is 4.68. The van der Waals surface area contributed by atoms with Crippen LogP contribution in [-0.2, 0) is 6.18 Å². The summed E-state index contributed by atoms with van der Waals surface area (Å²) >= 11 is 5.41. The fourth-order valence-corrected chi connectivity index (χ4v) is 1.23. The molecule has 88 valence electrons. The van der Waals surface area contributed by atoms with Crippen molar-refractivity contribution in [3.63, 3.8) is 0 Å². The second-order valence-electron chi connectivity index (χ2n) is 3.08. The minimum Gasteiger partial charge on any atom is -0.382 e. The van der Waals surface area contributed by atoms with E-state index in [1.807, 2.05) is 6.08 Å².